The molecule has 0 spiro atoms. The van der Waals surface area contributed by atoms with Gasteiger partial charge in [-0.05, 0) is 44.0 Å². The van der Waals surface area contributed by atoms with Gasteiger partial charge in [-0.15, -0.1) is 0 Å². The molecule has 0 saturated heterocycles. The first-order valence-corrected chi connectivity index (χ1v) is 9.59. The van der Waals surface area contributed by atoms with Gasteiger partial charge in [-0.1, -0.05) is 11.6 Å². The molecule has 0 radical (unpaired) electrons. The fourth-order valence-corrected chi connectivity index (χ4v) is 2.78. The van der Waals surface area contributed by atoms with Crippen LogP contribution in [0.5, 0.6) is 0 Å². The molecule has 0 aromatic heterocycles. The lowest BCUT2D eigenvalue weighted by molar-refractivity contribution is -0.115. The quantitative estimate of drug-likeness (QED) is 0.829. The van der Waals surface area contributed by atoms with Gasteiger partial charge in [0.25, 0.3) is 5.91 Å². The summed E-state index contributed by atoms with van der Waals surface area (Å²) in [5, 5.41) is 3.75. The topological polar surface area (TPSA) is 29.1 Å². The molecule has 0 aliphatic rings. The summed E-state index contributed by atoms with van der Waals surface area (Å²) in [4.78, 5) is 12.2. The zero-order chi connectivity index (χ0) is 14.1. The first-order valence-electron chi connectivity index (χ1n) is 6.01. The van der Waals surface area contributed by atoms with Crippen molar-refractivity contribution in [2.45, 2.75) is 26.4 Å². The Labute approximate surface area is 115 Å². The van der Waals surface area contributed by atoms with E-state index >= 15 is 0 Å². The number of benzene rings is 1. The number of carbonyl (C=O) groups is 1. The maximum absolute atomic E-state index is 12.2. The van der Waals surface area contributed by atoms with E-state index < -0.39 is 7.26 Å². The molecule has 1 unspecified atom stereocenters. The number of anilines is 1. The van der Waals surface area contributed by atoms with Gasteiger partial charge in [-0.25, -0.2) is 0 Å². The minimum absolute atomic E-state index is 0.0620. The molecule has 1 atom stereocenters. The van der Waals surface area contributed by atoms with Crippen molar-refractivity contribution in [3.05, 3.63) is 28.3 Å². The molecule has 1 rings (SSSR count). The number of carbonyl (C=O) groups excluding carboxylic acids is 1. The van der Waals surface area contributed by atoms with Crippen molar-refractivity contribution in [1.29, 1.82) is 0 Å². The molecule has 4 heteroatoms. The lowest BCUT2D eigenvalue weighted by Gasteiger charge is -2.21. The predicted molar refractivity (Wildman–Crippen MR) is 83.7 cm³/mol. The summed E-state index contributed by atoms with van der Waals surface area (Å²) in [6.45, 7) is 12.5. The summed E-state index contributed by atoms with van der Waals surface area (Å²) in [5.74, 6) is 0.101. The number of halogens is 1. The molecule has 2 nitrogen and oxygen atoms in total. The maximum Gasteiger partial charge on any atom is 0.264 e. The van der Waals surface area contributed by atoms with Crippen LogP contribution >= 0.6 is 18.9 Å². The molecular weight excluding hydrogens is 265 g/mol. The average molecular weight is 287 g/mol. The smallest absolute Gasteiger partial charge is 0.264 e. The molecular formula is C14H22ClNOP+. The summed E-state index contributed by atoms with van der Waals surface area (Å²) >= 11 is 5.99. The largest absolute Gasteiger partial charge is 0.322 e. The molecule has 1 amide bonds. The van der Waals surface area contributed by atoms with Gasteiger partial charge in [0.1, 0.15) is 5.66 Å². The van der Waals surface area contributed by atoms with E-state index in [1.54, 1.807) is 0 Å². The minimum Gasteiger partial charge on any atom is -0.322 e. The summed E-state index contributed by atoms with van der Waals surface area (Å²) in [5.41, 5.74) is 2.97. The highest BCUT2D eigenvalue weighted by Crippen LogP contribution is 2.52. The SMILES string of the molecule is Cc1cc(Cl)cc(C)c1NC(=O)C(C)[P+](C)(C)C. The van der Waals surface area contributed by atoms with Gasteiger partial charge >= 0.3 is 0 Å². The molecule has 0 bridgehead atoms. The van der Waals surface area contributed by atoms with Gasteiger partial charge in [0.15, 0.2) is 0 Å². The number of nitrogens with one attached hydrogen (secondary N) is 1. The van der Waals surface area contributed by atoms with Crippen molar-refractivity contribution < 1.29 is 4.79 Å². The molecule has 1 aromatic rings. The van der Waals surface area contributed by atoms with Gasteiger partial charge in [-0.3, -0.25) is 4.79 Å². The third-order valence-electron chi connectivity index (χ3n) is 3.29. The summed E-state index contributed by atoms with van der Waals surface area (Å²) in [7, 11) is -1.18. The molecule has 0 fully saturated rings. The highest BCUT2D eigenvalue weighted by molar-refractivity contribution is 7.75. The number of hydrogen-bond donors (Lipinski definition) is 1. The third kappa shape index (κ3) is 3.70. The average Bonchev–Trinajstić information content (AvgIpc) is 2.20. The van der Waals surface area contributed by atoms with E-state index in [0.717, 1.165) is 16.8 Å². The third-order valence-corrected chi connectivity index (χ3v) is 6.06. The van der Waals surface area contributed by atoms with Crippen molar-refractivity contribution in [1.82, 2.24) is 0 Å². The van der Waals surface area contributed by atoms with Crippen molar-refractivity contribution in [3.8, 4) is 0 Å². The van der Waals surface area contributed by atoms with E-state index in [9.17, 15) is 4.79 Å². The molecule has 0 heterocycles. The second-order valence-corrected chi connectivity index (χ2v) is 11.1. The van der Waals surface area contributed by atoms with Gasteiger partial charge in [0, 0.05) is 38.0 Å². The van der Waals surface area contributed by atoms with Gasteiger partial charge < -0.3 is 5.32 Å². The Morgan fingerprint density at radius 3 is 2.06 bits per heavy atom. The molecule has 100 valence electrons. The van der Waals surface area contributed by atoms with Crippen LogP contribution in [0.25, 0.3) is 0 Å². The number of hydrogen-bond acceptors (Lipinski definition) is 1. The Bertz CT molecular complexity index is 442. The molecule has 18 heavy (non-hydrogen) atoms. The molecule has 1 aromatic carbocycles. The second-order valence-electron chi connectivity index (χ2n) is 5.70. The fraction of sp³-hybridized carbons (Fsp3) is 0.500. The highest BCUT2D eigenvalue weighted by atomic mass is 35.5. The normalized spacial score (nSPS) is 13.3. The Kier molecular flexibility index (Phi) is 4.80. The van der Waals surface area contributed by atoms with Crippen LogP contribution in [0.1, 0.15) is 18.1 Å². The zero-order valence-electron chi connectivity index (χ0n) is 12.0. The molecule has 0 aliphatic carbocycles. The summed E-state index contributed by atoms with van der Waals surface area (Å²) in [6.07, 6.45) is 0. The van der Waals surface area contributed by atoms with Gasteiger partial charge in [0.2, 0.25) is 0 Å². The fourth-order valence-electron chi connectivity index (χ4n) is 1.69. The van der Waals surface area contributed by atoms with E-state index in [1.807, 2.05) is 32.9 Å². The summed E-state index contributed by atoms with van der Waals surface area (Å²) < 4.78 is 0. The van der Waals surface area contributed by atoms with E-state index in [0.29, 0.717) is 5.02 Å². The lowest BCUT2D eigenvalue weighted by atomic mass is 10.1. The van der Waals surface area contributed by atoms with Crippen LogP contribution in [-0.2, 0) is 4.79 Å². The van der Waals surface area contributed by atoms with Gasteiger partial charge in [0.05, 0.1) is 0 Å². The minimum atomic E-state index is -1.18. The maximum atomic E-state index is 12.2. The highest BCUT2D eigenvalue weighted by Gasteiger charge is 2.33. The molecule has 1 N–H and O–H groups in total. The van der Waals surface area contributed by atoms with Crippen LogP contribution in [0, 0.1) is 13.8 Å². The van der Waals surface area contributed by atoms with Gasteiger partial charge in [-0.2, -0.15) is 0 Å². The number of aryl methyl sites for hydroxylation is 2. The Hall–Kier alpha value is -0.590. The second kappa shape index (κ2) is 5.59. The lowest BCUT2D eigenvalue weighted by Crippen LogP contribution is -2.27. The Morgan fingerprint density at radius 1 is 1.22 bits per heavy atom. The number of rotatable bonds is 3. The van der Waals surface area contributed by atoms with E-state index in [4.69, 9.17) is 11.6 Å². The van der Waals surface area contributed by atoms with Crippen molar-refractivity contribution in [2.24, 2.45) is 0 Å². The van der Waals surface area contributed by atoms with Crippen LogP contribution in [0.3, 0.4) is 0 Å². The Balaban J connectivity index is 2.96. The molecule has 0 saturated carbocycles. The van der Waals surface area contributed by atoms with Crippen molar-refractivity contribution >= 4 is 30.5 Å². The Morgan fingerprint density at radius 2 is 1.67 bits per heavy atom. The first kappa shape index (κ1) is 15.5. The van der Waals surface area contributed by atoms with Crippen molar-refractivity contribution in [2.75, 3.05) is 25.3 Å². The van der Waals surface area contributed by atoms with Crippen LogP contribution in [0.15, 0.2) is 12.1 Å². The summed E-state index contributed by atoms with van der Waals surface area (Å²) in [6, 6.07) is 3.75. The van der Waals surface area contributed by atoms with Crippen LogP contribution in [-0.4, -0.2) is 31.6 Å². The van der Waals surface area contributed by atoms with Crippen LogP contribution in [0.2, 0.25) is 5.02 Å². The van der Waals surface area contributed by atoms with E-state index in [-0.39, 0.29) is 11.6 Å². The predicted octanol–water partition coefficient (Wildman–Crippen LogP) is 4.19. The van der Waals surface area contributed by atoms with Crippen LogP contribution in [0.4, 0.5) is 5.69 Å². The van der Waals surface area contributed by atoms with E-state index in [2.05, 4.69) is 25.3 Å². The zero-order valence-corrected chi connectivity index (χ0v) is 13.6. The van der Waals surface area contributed by atoms with E-state index in [1.165, 1.54) is 0 Å². The monoisotopic (exact) mass is 286 g/mol. The standard InChI is InChI=1S/C14H21ClNOP/c1-9-7-12(15)8-10(2)13(9)16-14(17)11(3)18(4,5)6/h7-8,11H,1-6H3/p+1. The first-order chi connectivity index (χ1) is 8.12. The number of amides is 1. The van der Waals surface area contributed by atoms with Crippen LogP contribution < -0.4 is 5.32 Å². The van der Waals surface area contributed by atoms with Crippen molar-refractivity contribution in [3.63, 3.8) is 0 Å². The molecule has 0 aliphatic heterocycles.